The third kappa shape index (κ3) is 2.51. The van der Waals surface area contributed by atoms with Crippen LogP contribution in [0.2, 0.25) is 0 Å². The Morgan fingerprint density at radius 2 is 2.33 bits per heavy atom. The fourth-order valence-electron chi connectivity index (χ4n) is 3.17. The van der Waals surface area contributed by atoms with E-state index < -0.39 is 5.56 Å². The number of fused-ring (bicyclic) bond motifs is 3. The maximum Gasteiger partial charge on any atom is 0.264 e. The van der Waals surface area contributed by atoms with Gasteiger partial charge in [-0.1, -0.05) is 17.0 Å². The number of ether oxygens (including phenoxy) is 1. The zero-order chi connectivity index (χ0) is 16.7. The van der Waals surface area contributed by atoms with Crippen LogP contribution in [0.1, 0.15) is 28.5 Å². The van der Waals surface area contributed by atoms with Crippen LogP contribution in [0.5, 0.6) is 0 Å². The number of thioether (sulfide) groups is 1. The average Bonchev–Trinajstić information content (AvgIpc) is 3.09. The standard InChI is InChI=1S/C14H16N6O3S/c1-24-14-15-5-9(12(21)17-14)13(22)19-3-2-11-10(6-19)20-8(7-23-11)4-16-18-20/h4-5,10-11H,2-3,6-7H2,1H3,(H,15,17,21)/t10-,11+/m0/s1. The van der Waals surface area contributed by atoms with Gasteiger partial charge in [-0.15, -0.1) is 5.10 Å². The molecule has 1 N–H and O–H groups in total. The topological polar surface area (TPSA) is 106 Å². The molecule has 0 unspecified atom stereocenters. The molecule has 1 fully saturated rings. The van der Waals surface area contributed by atoms with E-state index in [1.807, 2.05) is 10.9 Å². The van der Waals surface area contributed by atoms with E-state index in [4.69, 9.17) is 4.74 Å². The van der Waals surface area contributed by atoms with Crippen molar-refractivity contribution in [1.29, 1.82) is 0 Å². The molecule has 1 amide bonds. The Hall–Kier alpha value is -2.20. The van der Waals surface area contributed by atoms with E-state index in [1.54, 1.807) is 11.1 Å². The number of carbonyl (C=O) groups is 1. The van der Waals surface area contributed by atoms with Crippen molar-refractivity contribution in [2.24, 2.45) is 0 Å². The molecule has 10 heteroatoms. The quantitative estimate of drug-likeness (QED) is 0.604. The van der Waals surface area contributed by atoms with Crippen molar-refractivity contribution in [2.45, 2.75) is 30.3 Å². The first-order chi connectivity index (χ1) is 11.7. The fourth-order valence-corrected chi connectivity index (χ4v) is 3.52. The van der Waals surface area contributed by atoms with E-state index in [-0.39, 0.29) is 23.6 Å². The van der Waals surface area contributed by atoms with Crippen molar-refractivity contribution in [1.82, 2.24) is 29.9 Å². The van der Waals surface area contributed by atoms with Gasteiger partial charge in [0.25, 0.3) is 11.5 Å². The minimum absolute atomic E-state index is 0.0125. The Labute approximate surface area is 141 Å². The lowest BCUT2D eigenvalue weighted by molar-refractivity contribution is -0.0605. The Bertz CT molecular complexity index is 834. The van der Waals surface area contributed by atoms with E-state index in [2.05, 4.69) is 20.3 Å². The summed E-state index contributed by atoms with van der Waals surface area (Å²) in [5.74, 6) is -0.318. The molecule has 2 aromatic heterocycles. The number of hydrogen-bond acceptors (Lipinski definition) is 7. The van der Waals surface area contributed by atoms with Crippen LogP contribution in [0, 0.1) is 0 Å². The summed E-state index contributed by atoms with van der Waals surface area (Å²) in [5, 5.41) is 8.52. The zero-order valence-electron chi connectivity index (χ0n) is 13.0. The van der Waals surface area contributed by atoms with E-state index in [9.17, 15) is 9.59 Å². The normalized spacial score (nSPS) is 22.8. The van der Waals surface area contributed by atoms with E-state index in [0.29, 0.717) is 31.3 Å². The summed E-state index contributed by atoms with van der Waals surface area (Å²) in [6.45, 7) is 1.46. The first-order valence-corrected chi connectivity index (χ1v) is 8.83. The minimum Gasteiger partial charge on any atom is -0.370 e. The third-order valence-corrected chi connectivity index (χ3v) is 5.01. The second-order valence-corrected chi connectivity index (χ2v) is 6.56. The van der Waals surface area contributed by atoms with Gasteiger partial charge in [0.2, 0.25) is 0 Å². The Morgan fingerprint density at radius 3 is 3.12 bits per heavy atom. The molecule has 9 nitrogen and oxygen atoms in total. The van der Waals surface area contributed by atoms with Gasteiger partial charge < -0.3 is 14.6 Å². The third-order valence-electron chi connectivity index (χ3n) is 4.42. The van der Waals surface area contributed by atoms with Crippen LogP contribution in [-0.4, -0.2) is 61.2 Å². The van der Waals surface area contributed by atoms with Crippen molar-refractivity contribution in [3.63, 3.8) is 0 Å². The summed E-state index contributed by atoms with van der Waals surface area (Å²) < 4.78 is 7.66. The Balaban J connectivity index is 1.58. The van der Waals surface area contributed by atoms with E-state index >= 15 is 0 Å². The fraction of sp³-hybridized carbons (Fsp3) is 0.500. The van der Waals surface area contributed by atoms with Crippen LogP contribution in [0.15, 0.2) is 22.3 Å². The molecule has 0 saturated carbocycles. The predicted molar refractivity (Wildman–Crippen MR) is 84.8 cm³/mol. The highest BCUT2D eigenvalue weighted by Crippen LogP contribution is 2.30. The zero-order valence-corrected chi connectivity index (χ0v) is 13.8. The molecular weight excluding hydrogens is 332 g/mol. The summed E-state index contributed by atoms with van der Waals surface area (Å²) in [7, 11) is 0. The molecule has 0 spiro atoms. The largest absolute Gasteiger partial charge is 0.370 e. The first-order valence-electron chi connectivity index (χ1n) is 7.60. The van der Waals surface area contributed by atoms with Crippen molar-refractivity contribution in [3.8, 4) is 0 Å². The molecule has 126 valence electrons. The summed E-state index contributed by atoms with van der Waals surface area (Å²) in [6, 6.07) is -0.0774. The smallest absolute Gasteiger partial charge is 0.264 e. The first kappa shape index (κ1) is 15.3. The van der Waals surface area contributed by atoms with Gasteiger partial charge in [0.1, 0.15) is 5.56 Å². The van der Waals surface area contributed by atoms with Crippen molar-refractivity contribution in [2.75, 3.05) is 19.3 Å². The number of nitrogens with zero attached hydrogens (tertiary/aromatic N) is 5. The predicted octanol–water partition coefficient (Wildman–Crippen LogP) is 0.0693. The summed E-state index contributed by atoms with van der Waals surface area (Å²) in [6.07, 6.45) is 5.54. The van der Waals surface area contributed by atoms with Gasteiger partial charge >= 0.3 is 0 Å². The number of hydrogen-bond donors (Lipinski definition) is 1. The van der Waals surface area contributed by atoms with Crippen molar-refractivity contribution < 1.29 is 9.53 Å². The highest BCUT2D eigenvalue weighted by molar-refractivity contribution is 7.98. The molecule has 4 rings (SSSR count). The monoisotopic (exact) mass is 348 g/mol. The Kier molecular flexibility index (Phi) is 3.85. The SMILES string of the molecule is CSc1ncc(C(=O)N2CC[C@H]3OCc4cnnn4[C@H]3C2)c(=O)[nH]1. The van der Waals surface area contributed by atoms with Crippen LogP contribution >= 0.6 is 11.8 Å². The molecule has 2 aliphatic rings. The van der Waals surface area contributed by atoms with Crippen molar-refractivity contribution in [3.05, 3.63) is 34.0 Å². The van der Waals surface area contributed by atoms with Gasteiger partial charge in [0.15, 0.2) is 5.16 Å². The van der Waals surface area contributed by atoms with Crippen LogP contribution in [-0.2, 0) is 11.3 Å². The summed E-state index contributed by atoms with van der Waals surface area (Å²) >= 11 is 1.32. The highest BCUT2D eigenvalue weighted by atomic mass is 32.2. The number of amides is 1. The minimum atomic E-state index is -0.414. The second kappa shape index (κ2) is 6.02. The highest BCUT2D eigenvalue weighted by Gasteiger charge is 2.38. The van der Waals surface area contributed by atoms with Gasteiger partial charge in [0, 0.05) is 19.3 Å². The number of nitrogens with one attached hydrogen (secondary N) is 1. The number of H-pyrrole nitrogens is 1. The molecule has 2 aliphatic heterocycles. The van der Waals surface area contributed by atoms with Gasteiger partial charge in [-0.3, -0.25) is 9.59 Å². The molecular formula is C14H16N6O3S. The van der Waals surface area contributed by atoms with Crippen LogP contribution in [0.4, 0.5) is 0 Å². The molecule has 0 aliphatic carbocycles. The van der Waals surface area contributed by atoms with Gasteiger partial charge in [0.05, 0.1) is 30.6 Å². The lowest BCUT2D eigenvalue weighted by atomic mass is 10.00. The molecule has 0 bridgehead atoms. The summed E-state index contributed by atoms with van der Waals surface area (Å²) in [5.41, 5.74) is 0.541. The number of piperidine rings is 1. The lowest BCUT2D eigenvalue weighted by Crippen LogP contribution is -2.50. The molecule has 4 heterocycles. The Morgan fingerprint density at radius 1 is 1.46 bits per heavy atom. The van der Waals surface area contributed by atoms with Gasteiger partial charge in [-0.05, 0) is 12.7 Å². The van der Waals surface area contributed by atoms with Crippen molar-refractivity contribution >= 4 is 17.7 Å². The summed E-state index contributed by atoms with van der Waals surface area (Å²) in [4.78, 5) is 33.2. The van der Waals surface area contributed by atoms with E-state index in [0.717, 1.165) is 5.69 Å². The maximum absolute atomic E-state index is 12.7. The van der Waals surface area contributed by atoms with Crippen LogP contribution in [0.25, 0.3) is 0 Å². The molecule has 2 aromatic rings. The molecule has 2 atom stereocenters. The van der Waals surface area contributed by atoms with E-state index in [1.165, 1.54) is 18.0 Å². The number of aromatic nitrogens is 5. The number of likely N-dealkylation sites (tertiary alicyclic amines) is 1. The second-order valence-electron chi connectivity index (χ2n) is 5.76. The number of aromatic amines is 1. The van der Waals surface area contributed by atoms with Crippen LogP contribution in [0.3, 0.4) is 0 Å². The number of carbonyl (C=O) groups excluding carboxylic acids is 1. The molecule has 0 aromatic carbocycles. The lowest BCUT2D eigenvalue weighted by Gasteiger charge is -2.40. The molecule has 24 heavy (non-hydrogen) atoms. The maximum atomic E-state index is 12.7. The average molecular weight is 348 g/mol. The van der Waals surface area contributed by atoms with Crippen LogP contribution < -0.4 is 5.56 Å². The number of rotatable bonds is 2. The molecule has 0 radical (unpaired) electrons. The molecule has 1 saturated heterocycles. The van der Waals surface area contributed by atoms with Gasteiger partial charge in [-0.2, -0.15) is 0 Å². The van der Waals surface area contributed by atoms with Gasteiger partial charge in [-0.25, -0.2) is 9.67 Å².